The summed E-state index contributed by atoms with van der Waals surface area (Å²) < 4.78 is 0. The van der Waals surface area contributed by atoms with Gasteiger partial charge in [0.05, 0.1) is 5.69 Å². The van der Waals surface area contributed by atoms with Crippen LogP contribution in [-0.2, 0) is 6.42 Å². The molecule has 0 aliphatic heterocycles. The van der Waals surface area contributed by atoms with Gasteiger partial charge in [0.1, 0.15) is 0 Å². The molecule has 0 fully saturated rings. The van der Waals surface area contributed by atoms with E-state index in [1.54, 1.807) is 6.07 Å². The van der Waals surface area contributed by atoms with Crippen molar-refractivity contribution >= 4 is 34.0 Å². The van der Waals surface area contributed by atoms with E-state index in [0.717, 1.165) is 29.7 Å². The molecule has 2 aromatic rings. The summed E-state index contributed by atoms with van der Waals surface area (Å²) in [6.45, 7) is 5.89. The minimum Gasteiger partial charge on any atom is -0.298 e. The summed E-state index contributed by atoms with van der Waals surface area (Å²) in [6, 6.07) is 3.65. The predicted molar refractivity (Wildman–Crippen MR) is 85.0 cm³/mol. The molecule has 0 atom stereocenters. The number of nitrogens with one attached hydrogen (secondary N) is 1. The van der Waals surface area contributed by atoms with Crippen molar-refractivity contribution in [2.75, 3.05) is 5.32 Å². The number of hydrogen-bond donors (Lipinski definition) is 1. The molecule has 1 aromatic carbocycles. The molecule has 0 bridgehead atoms. The van der Waals surface area contributed by atoms with E-state index in [0.29, 0.717) is 15.7 Å². The lowest BCUT2D eigenvalue weighted by Crippen LogP contribution is -2.13. The van der Waals surface area contributed by atoms with Crippen molar-refractivity contribution in [2.24, 2.45) is 0 Å². The highest BCUT2D eigenvalue weighted by molar-refractivity contribution is 7.14. The molecule has 0 aliphatic rings. The third-order valence-corrected chi connectivity index (χ3v) is 4.49. The topological polar surface area (TPSA) is 42.0 Å². The Morgan fingerprint density at radius 3 is 2.85 bits per heavy atom. The fourth-order valence-corrected chi connectivity index (χ4v) is 2.87. The zero-order valence-corrected chi connectivity index (χ0v) is 13.4. The highest BCUT2D eigenvalue weighted by atomic mass is 35.5. The van der Waals surface area contributed by atoms with Gasteiger partial charge in [0.2, 0.25) is 0 Å². The van der Waals surface area contributed by atoms with Crippen LogP contribution >= 0.6 is 22.9 Å². The van der Waals surface area contributed by atoms with Crippen molar-refractivity contribution in [1.29, 1.82) is 0 Å². The molecular formula is C15H17ClN2OS. The molecule has 0 saturated carbocycles. The summed E-state index contributed by atoms with van der Waals surface area (Å²) >= 11 is 7.63. The van der Waals surface area contributed by atoms with Gasteiger partial charge in [-0.05, 0) is 37.5 Å². The number of halogens is 1. The Kier molecular flexibility index (Phi) is 4.78. The SMILES string of the molecule is CCCc1csc(NC(=O)c2ccc(C)c(Cl)c2C)n1. The van der Waals surface area contributed by atoms with Crippen molar-refractivity contribution in [2.45, 2.75) is 33.6 Å². The number of anilines is 1. The second-order valence-corrected chi connectivity index (χ2v) is 5.95. The zero-order valence-electron chi connectivity index (χ0n) is 11.8. The van der Waals surface area contributed by atoms with E-state index in [-0.39, 0.29) is 5.91 Å². The summed E-state index contributed by atoms with van der Waals surface area (Å²) in [5.41, 5.74) is 3.38. The fraction of sp³-hybridized carbons (Fsp3) is 0.333. The Balaban J connectivity index is 2.17. The number of aromatic nitrogens is 1. The number of benzene rings is 1. The van der Waals surface area contributed by atoms with Crippen molar-refractivity contribution in [3.63, 3.8) is 0 Å². The maximum atomic E-state index is 12.3. The van der Waals surface area contributed by atoms with Gasteiger partial charge in [-0.3, -0.25) is 10.1 Å². The van der Waals surface area contributed by atoms with Crippen LogP contribution < -0.4 is 5.32 Å². The Bertz CT molecular complexity index is 637. The van der Waals surface area contributed by atoms with Crippen LogP contribution in [0, 0.1) is 13.8 Å². The van der Waals surface area contributed by atoms with Gasteiger partial charge in [0.15, 0.2) is 5.13 Å². The number of thiazole rings is 1. The highest BCUT2D eigenvalue weighted by Crippen LogP contribution is 2.24. The van der Waals surface area contributed by atoms with Crippen LogP contribution in [0.3, 0.4) is 0 Å². The van der Waals surface area contributed by atoms with Gasteiger partial charge in [-0.2, -0.15) is 0 Å². The van der Waals surface area contributed by atoms with Gasteiger partial charge in [0, 0.05) is 16.0 Å². The Hall–Kier alpha value is -1.39. The van der Waals surface area contributed by atoms with Gasteiger partial charge < -0.3 is 0 Å². The van der Waals surface area contributed by atoms with Gasteiger partial charge in [0.25, 0.3) is 5.91 Å². The number of hydrogen-bond acceptors (Lipinski definition) is 3. The van der Waals surface area contributed by atoms with Crippen LogP contribution in [0.15, 0.2) is 17.5 Å². The lowest BCUT2D eigenvalue weighted by molar-refractivity contribution is 0.102. The number of amides is 1. The maximum absolute atomic E-state index is 12.3. The summed E-state index contributed by atoms with van der Waals surface area (Å²) in [5.74, 6) is -0.165. The number of rotatable bonds is 4. The number of aryl methyl sites for hydroxylation is 2. The largest absolute Gasteiger partial charge is 0.298 e. The van der Waals surface area contributed by atoms with Crippen LogP contribution in [0.1, 0.15) is 40.5 Å². The molecule has 1 N–H and O–H groups in total. The van der Waals surface area contributed by atoms with Crippen LogP contribution in [0.2, 0.25) is 5.02 Å². The third kappa shape index (κ3) is 3.19. The smallest absolute Gasteiger partial charge is 0.257 e. The quantitative estimate of drug-likeness (QED) is 0.895. The molecule has 3 nitrogen and oxygen atoms in total. The molecule has 1 aromatic heterocycles. The lowest BCUT2D eigenvalue weighted by Gasteiger charge is -2.09. The molecule has 0 unspecified atom stereocenters. The van der Waals surface area contributed by atoms with Gasteiger partial charge in [-0.25, -0.2) is 4.98 Å². The molecule has 1 amide bonds. The molecular weight excluding hydrogens is 292 g/mol. The Morgan fingerprint density at radius 2 is 2.15 bits per heavy atom. The first-order chi connectivity index (χ1) is 9.52. The molecule has 106 valence electrons. The second-order valence-electron chi connectivity index (χ2n) is 4.72. The van der Waals surface area contributed by atoms with E-state index < -0.39 is 0 Å². The molecule has 5 heteroatoms. The molecule has 0 saturated heterocycles. The van der Waals surface area contributed by atoms with Crippen molar-refractivity contribution in [3.05, 3.63) is 44.9 Å². The first-order valence-electron chi connectivity index (χ1n) is 6.54. The van der Waals surface area contributed by atoms with E-state index in [9.17, 15) is 4.79 Å². The maximum Gasteiger partial charge on any atom is 0.257 e. The molecule has 20 heavy (non-hydrogen) atoms. The molecule has 1 heterocycles. The van der Waals surface area contributed by atoms with E-state index >= 15 is 0 Å². The lowest BCUT2D eigenvalue weighted by atomic mass is 10.1. The van der Waals surface area contributed by atoms with Crippen LogP contribution in [-0.4, -0.2) is 10.9 Å². The highest BCUT2D eigenvalue weighted by Gasteiger charge is 2.14. The minimum atomic E-state index is -0.165. The summed E-state index contributed by atoms with van der Waals surface area (Å²) in [7, 11) is 0. The summed E-state index contributed by atoms with van der Waals surface area (Å²) in [6.07, 6.45) is 1.98. The normalized spacial score (nSPS) is 10.6. The van der Waals surface area contributed by atoms with Crippen molar-refractivity contribution < 1.29 is 4.79 Å². The van der Waals surface area contributed by atoms with Gasteiger partial charge >= 0.3 is 0 Å². The van der Waals surface area contributed by atoms with E-state index in [4.69, 9.17) is 11.6 Å². The minimum absolute atomic E-state index is 0.165. The second kappa shape index (κ2) is 6.37. The van der Waals surface area contributed by atoms with Crippen LogP contribution in [0.5, 0.6) is 0 Å². The first-order valence-corrected chi connectivity index (χ1v) is 7.80. The monoisotopic (exact) mass is 308 g/mol. The Labute approximate surface area is 128 Å². The predicted octanol–water partition coefficient (Wildman–Crippen LogP) is 4.62. The number of carbonyl (C=O) groups excluding carboxylic acids is 1. The fourth-order valence-electron chi connectivity index (χ4n) is 1.97. The van der Waals surface area contributed by atoms with Gasteiger partial charge in [-0.15, -0.1) is 11.3 Å². The average molecular weight is 309 g/mol. The number of nitrogens with zero attached hydrogens (tertiary/aromatic N) is 1. The average Bonchev–Trinajstić information content (AvgIpc) is 2.84. The molecule has 0 aliphatic carbocycles. The first kappa shape index (κ1) is 15.0. The van der Waals surface area contributed by atoms with E-state index in [2.05, 4.69) is 17.2 Å². The van der Waals surface area contributed by atoms with Crippen LogP contribution in [0.25, 0.3) is 0 Å². The van der Waals surface area contributed by atoms with Crippen molar-refractivity contribution in [1.82, 2.24) is 4.98 Å². The van der Waals surface area contributed by atoms with Gasteiger partial charge in [-0.1, -0.05) is 31.0 Å². The van der Waals surface area contributed by atoms with Crippen molar-refractivity contribution in [3.8, 4) is 0 Å². The molecule has 0 radical (unpaired) electrons. The summed E-state index contributed by atoms with van der Waals surface area (Å²) in [4.78, 5) is 16.7. The van der Waals surface area contributed by atoms with E-state index in [1.807, 2.05) is 25.3 Å². The third-order valence-electron chi connectivity index (χ3n) is 3.10. The zero-order chi connectivity index (χ0) is 14.7. The standard InChI is InChI=1S/C15H17ClN2OS/c1-4-5-11-8-20-15(17-11)18-14(19)12-7-6-9(2)13(16)10(12)3/h6-8H,4-5H2,1-3H3,(H,17,18,19). The van der Waals surface area contributed by atoms with Crippen LogP contribution in [0.4, 0.5) is 5.13 Å². The Morgan fingerprint density at radius 1 is 1.40 bits per heavy atom. The summed E-state index contributed by atoms with van der Waals surface area (Å²) in [5, 5.41) is 6.09. The molecule has 0 spiro atoms. The van der Waals surface area contributed by atoms with E-state index in [1.165, 1.54) is 11.3 Å². The molecule has 2 rings (SSSR count). The number of carbonyl (C=O) groups is 1.